The Hall–Kier alpha value is -1.96. The van der Waals surface area contributed by atoms with Crippen LogP contribution >= 0.6 is 0 Å². The van der Waals surface area contributed by atoms with Gasteiger partial charge in [0.15, 0.2) is 17.5 Å². The molecule has 0 atom stereocenters. The van der Waals surface area contributed by atoms with Crippen LogP contribution < -0.4 is 20.5 Å². The van der Waals surface area contributed by atoms with Gasteiger partial charge >= 0.3 is 0 Å². The van der Waals surface area contributed by atoms with Gasteiger partial charge in [0, 0.05) is 24.6 Å². The van der Waals surface area contributed by atoms with Gasteiger partial charge < -0.3 is 20.5 Å². The summed E-state index contributed by atoms with van der Waals surface area (Å²) in [5.74, 6) is 1.51. The summed E-state index contributed by atoms with van der Waals surface area (Å²) < 4.78 is 32.3. The van der Waals surface area contributed by atoms with E-state index in [1.807, 2.05) is 0 Å². The van der Waals surface area contributed by atoms with Gasteiger partial charge in [-0.15, -0.1) is 0 Å². The molecule has 0 heterocycles. The third kappa shape index (κ3) is 6.35. The Balaban J connectivity index is 2.60. The number of aliphatic imine (C=N–C) groups is 1. The van der Waals surface area contributed by atoms with Crippen molar-refractivity contribution in [2.24, 2.45) is 10.7 Å². The van der Waals surface area contributed by atoms with Gasteiger partial charge in [-0.2, -0.15) is 0 Å². The molecule has 0 aliphatic carbocycles. The Kier molecular flexibility index (Phi) is 6.29. The fourth-order valence-corrected chi connectivity index (χ4v) is 2.28. The van der Waals surface area contributed by atoms with E-state index < -0.39 is 9.84 Å². The molecule has 0 spiro atoms. The van der Waals surface area contributed by atoms with E-state index in [-0.39, 0.29) is 11.7 Å². The molecule has 0 bridgehead atoms. The summed E-state index contributed by atoms with van der Waals surface area (Å²) in [6.45, 7) is 0.346. The summed E-state index contributed by atoms with van der Waals surface area (Å²) in [6.07, 6.45) is 1.63. The summed E-state index contributed by atoms with van der Waals surface area (Å²) in [4.78, 5) is 4.07. The number of guanidine groups is 1. The monoisotopic (exact) mass is 315 g/mol. The summed E-state index contributed by atoms with van der Waals surface area (Å²) in [6, 6.07) is 5.26. The lowest BCUT2D eigenvalue weighted by molar-refractivity contribution is 0.355. The zero-order valence-electron chi connectivity index (χ0n) is 12.4. The second-order valence-corrected chi connectivity index (χ2v) is 6.70. The normalized spacial score (nSPS) is 12.0. The van der Waals surface area contributed by atoms with Crippen LogP contribution in [0.2, 0.25) is 0 Å². The number of benzene rings is 1. The highest BCUT2D eigenvalue weighted by molar-refractivity contribution is 7.90. The molecule has 1 rings (SSSR count). The van der Waals surface area contributed by atoms with Crippen LogP contribution in [0, 0.1) is 0 Å². The van der Waals surface area contributed by atoms with Crippen molar-refractivity contribution >= 4 is 21.5 Å². The summed E-state index contributed by atoms with van der Waals surface area (Å²) >= 11 is 0. The Morgan fingerprint density at radius 3 is 2.52 bits per heavy atom. The van der Waals surface area contributed by atoms with Crippen LogP contribution in [0.5, 0.6) is 11.5 Å². The van der Waals surface area contributed by atoms with Crippen LogP contribution in [0.25, 0.3) is 0 Å². The highest BCUT2D eigenvalue weighted by Crippen LogP contribution is 2.29. The Labute approximate surface area is 125 Å². The average Bonchev–Trinajstić information content (AvgIpc) is 2.42. The number of anilines is 1. The maximum Gasteiger partial charge on any atom is 0.193 e. The van der Waals surface area contributed by atoms with Crippen molar-refractivity contribution in [3.8, 4) is 11.5 Å². The maximum absolute atomic E-state index is 11.0. The fraction of sp³-hybridized carbons (Fsp3) is 0.462. The molecule has 0 fully saturated rings. The van der Waals surface area contributed by atoms with Gasteiger partial charge in [-0.05, 0) is 18.6 Å². The molecule has 3 N–H and O–H groups in total. The first kappa shape index (κ1) is 17.1. The van der Waals surface area contributed by atoms with E-state index in [9.17, 15) is 8.42 Å². The van der Waals surface area contributed by atoms with Crippen molar-refractivity contribution in [1.82, 2.24) is 0 Å². The number of methoxy groups -OCH3 is 2. The number of hydrogen-bond donors (Lipinski definition) is 2. The van der Waals surface area contributed by atoms with Crippen LogP contribution in [-0.2, 0) is 9.84 Å². The minimum Gasteiger partial charge on any atom is -0.493 e. The van der Waals surface area contributed by atoms with Gasteiger partial charge in [0.25, 0.3) is 0 Å². The first-order chi connectivity index (χ1) is 9.85. The molecule has 7 nitrogen and oxygen atoms in total. The molecular formula is C13H21N3O4S. The molecule has 0 aliphatic rings. The van der Waals surface area contributed by atoms with E-state index in [4.69, 9.17) is 15.2 Å². The van der Waals surface area contributed by atoms with Gasteiger partial charge in [-0.25, -0.2) is 8.42 Å². The third-order valence-corrected chi connectivity index (χ3v) is 3.64. The number of ether oxygens (including phenoxy) is 2. The van der Waals surface area contributed by atoms with Gasteiger partial charge in [-0.1, -0.05) is 0 Å². The minimum atomic E-state index is -2.96. The highest BCUT2D eigenvalue weighted by Gasteiger charge is 2.05. The average molecular weight is 315 g/mol. The van der Waals surface area contributed by atoms with Gasteiger partial charge in [0.2, 0.25) is 0 Å². The lowest BCUT2D eigenvalue weighted by atomic mass is 10.3. The first-order valence-electron chi connectivity index (χ1n) is 6.32. The van der Waals surface area contributed by atoms with Crippen LogP contribution in [0.1, 0.15) is 6.42 Å². The molecule has 1 aromatic carbocycles. The van der Waals surface area contributed by atoms with Gasteiger partial charge in [-0.3, -0.25) is 4.99 Å². The molecule has 0 radical (unpaired) electrons. The number of nitrogens with two attached hydrogens (primary N) is 1. The van der Waals surface area contributed by atoms with Crippen molar-refractivity contribution in [3.05, 3.63) is 18.2 Å². The molecule has 0 unspecified atom stereocenters. The number of rotatable bonds is 7. The standard InChI is InChI=1S/C13H21N3O4S/c1-19-11-6-5-10(9-12(11)20-2)16-13(14)15-7-4-8-21(3,17)18/h5-6,9H,4,7-8H2,1-3H3,(H3,14,15,16). The number of hydrogen-bond acceptors (Lipinski definition) is 5. The predicted molar refractivity (Wildman–Crippen MR) is 84.0 cm³/mol. The molecule has 0 aliphatic heterocycles. The smallest absolute Gasteiger partial charge is 0.193 e. The SMILES string of the molecule is COc1ccc(NC(N)=NCCCS(C)(=O)=O)cc1OC. The first-order valence-corrected chi connectivity index (χ1v) is 8.38. The maximum atomic E-state index is 11.0. The van der Waals surface area contributed by atoms with E-state index in [1.54, 1.807) is 32.4 Å². The zero-order valence-corrected chi connectivity index (χ0v) is 13.2. The third-order valence-electron chi connectivity index (χ3n) is 2.61. The molecule has 0 aromatic heterocycles. The number of nitrogens with one attached hydrogen (secondary N) is 1. The molecule has 0 saturated heterocycles. The highest BCUT2D eigenvalue weighted by atomic mass is 32.2. The predicted octanol–water partition coefficient (Wildman–Crippen LogP) is 0.865. The molecule has 21 heavy (non-hydrogen) atoms. The molecule has 0 amide bonds. The lowest BCUT2D eigenvalue weighted by Crippen LogP contribution is -2.23. The summed E-state index contributed by atoms with van der Waals surface area (Å²) in [5.41, 5.74) is 6.44. The van der Waals surface area contributed by atoms with Crippen molar-refractivity contribution < 1.29 is 17.9 Å². The van der Waals surface area contributed by atoms with Crippen LogP contribution in [-0.4, -0.2) is 47.2 Å². The molecule has 8 heteroatoms. The van der Waals surface area contributed by atoms with Crippen molar-refractivity contribution in [3.63, 3.8) is 0 Å². The zero-order chi connectivity index (χ0) is 15.9. The Bertz CT molecular complexity index is 599. The quantitative estimate of drug-likeness (QED) is 0.439. The van der Waals surface area contributed by atoms with Crippen LogP contribution in [0.15, 0.2) is 23.2 Å². The minimum absolute atomic E-state index is 0.0974. The second kappa shape index (κ2) is 7.72. The molecule has 118 valence electrons. The van der Waals surface area contributed by atoms with E-state index in [0.29, 0.717) is 30.2 Å². The van der Waals surface area contributed by atoms with Gasteiger partial charge in [0.1, 0.15) is 9.84 Å². The largest absolute Gasteiger partial charge is 0.493 e. The van der Waals surface area contributed by atoms with Crippen LogP contribution in [0.4, 0.5) is 5.69 Å². The molecule has 0 saturated carbocycles. The molecular weight excluding hydrogens is 294 g/mol. The Morgan fingerprint density at radius 1 is 1.29 bits per heavy atom. The van der Waals surface area contributed by atoms with E-state index >= 15 is 0 Å². The summed E-state index contributed by atoms with van der Waals surface area (Å²) in [7, 11) is 0.145. The lowest BCUT2D eigenvalue weighted by Gasteiger charge is -2.10. The van der Waals surface area contributed by atoms with Crippen molar-refractivity contribution in [1.29, 1.82) is 0 Å². The van der Waals surface area contributed by atoms with Crippen molar-refractivity contribution in [2.75, 3.05) is 38.1 Å². The Morgan fingerprint density at radius 2 is 1.95 bits per heavy atom. The van der Waals surface area contributed by atoms with E-state index in [1.165, 1.54) is 6.26 Å². The fourth-order valence-electron chi connectivity index (χ4n) is 1.63. The number of nitrogens with zero attached hydrogens (tertiary/aromatic N) is 1. The molecule has 1 aromatic rings. The number of sulfone groups is 1. The summed E-state index contributed by atoms with van der Waals surface area (Å²) in [5, 5.41) is 2.91. The second-order valence-electron chi connectivity index (χ2n) is 4.45. The van der Waals surface area contributed by atoms with E-state index in [2.05, 4.69) is 10.3 Å². The van der Waals surface area contributed by atoms with Crippen molar-refractivity contribution in [2.45, 2.75) is 6.42 Å². The topological polar surface area (TPSA) is 103 Å². The van der Waals surface area contributed by atoms with E-state index in [0.717, 1.165) is 0 Å². The van der Waals surface area contributed by atoms with Gasteiger partial charge in [0.05, 0.1) is 20.0 Å². The van der Waals surface area contributed by atoms with Crippen LogP contribution in [0.3, 0.4) is 0 Å².